The van der Waals surface area contributed by atoms with Crippen LogP contribution < -0.4 is 0 Å². The van der Waals surface area contributed by atoms with E-state index in [0.717, 1.165) is 19.3 Å². The number of hydrogen-bond acceptors (Lipinski definition) is 4. The largest absolute Gasteiger partial charge is 0.391 e. The van der Waals surface area contributed by atoms with Gasteiger partial charge in [-0.2, -0.15) is 0 Å². The third-order valence-corrected chi connectivity index (χ3v) is 5.65. The van der Waals surface area contributed by atoms with E-state index in [2.05, 4.69) is 27.0 Å². The van der Waals surface area contributed by atoms with Crippen molar-refractivity contribution in [1.82, 2.24) is 0 Å². The van der Waals surface area contributed by atoms with Crippen molar-refractivity contribution in [2.75, 3.05) is 39.6 Å². The molecule has 0 saturated carbocycles. The van der Waals surface area contributed by atoms with Gasteiger partial charge in [-0.15, -0.1) is 13.2 Å². The second kappa shape index (κ2) is 21.5. The minimum absolute atomic E-state index is 0.205. The summed E-state index contributed by atoms with van der Waals surface area (Å²) in [7, 11) is 0. The fraction of sp³-hybridized carbons (Fsp3) is 0.846. The molecule has 0 aromatic heterocycles. The Morgan fingerprint density at radius 2 is 1.20 bits per heavy atom. The van der Waals surface area contributed by atoms with Gasteiger partial charge < -0.3 is 19.3 Å². The van der Waals surface area contributed by atoms with Crippen molar-refractivity contribution in [3.63, 3.8) is 0 Å². The van der Waals surface area contributed by atoms with Crippen molar-refractivity contribution >= 4 is 0 Å². The van der Waals surface area contributed by atoms with E-state index in [1.165, 1.54) is 57.8 Å². The van der Waals surface area contributed by atoms with Crippen molar-refractivity contribution in [2.24, 2.45) is 5.41 Å². The summed E-state index contributed by atoms with van der Waals surface area (Å²) in [6, 6.07) is 0. The Morgan fingerprint density at radius 3 is 1.67 bits per heavy atom. The Morgan fingerprint density at radius 1 is 0.733 bits per heavy atom. The molecule has 0 bridgehead atoms. The van der Waals surface area contributed by atoms with E-state index in [-0.39, 0.29) is 5.41 Å². The van der Waals surface area contributed by atoms with Crippen molar-refractivity contribution in [2.45, 2.75) is 97.0 Å². The molecular formula is C26H50O4. The van der Waals surface area contributed by atoms with Gasteiger partial charge in [0.15, 0.2) is 0 Å². The van der Waals surface area contributed by atoms with E-state index in [1.54, 1.807) is 12.2 Å². The quantitative estimate of drug-likeness (QED) is 0.142. The van der Waals surface area contributed by atoms with Crippen LogP contribution in [-0.4, -0.2) is 50.9 Å². The first-order chi connectivity index (χ1) is 14.6. The summed E-state index contributed by atoms with van der Waals surface area (Å²) in [4.78, 5) is 0. The molecule has 0 aliphatic heterocycles. The van der Waals surface area contributed by atoms with Gasteiger partial charge in [0.1, 0.15) is 0 Å². The maximum atomic E-state index is 10.3. The van der Waals surface area contributed by atoms with Gasteiger partial charge in [0.05, 0.1) is 45.7 Å². The van der Waals surface area contributed by atoms with E-state index in [1.807, 2.05) is 0 Å². The van der Waals surface area contributed by atoms with Gasteiger partial charge in [0.2, 0.25) is 0 Å². The summed E-state index contributed by atoms with van der Waals surface area (Å²) >= 11 is 0. The third-order valence-electron chi connectivity index (χ3n) is 5.65. The summed E-state index contributed by atoms with van der Waals surface area (Å²) < 4.78 is 17.3. The first-order valence-electron chi connectivity index (χ1n) is 12.3. The van der Waals surface area contributed by atoms with Crippen LogP contribution in [-0.2, 0) is 14.2 Å². The molecule has 0 aromatic carbocycles. The number of aliphatic hydroxyl groups excluding tert-OH is 1. The maximum absolute atomic E-state index is 10.3. The van der Waals surface area contributed by atoms with Crippen molar-refractivity contribution < 1.29 is 19.3 Å². The Labute approximate surface area is 187 Å². The van der Waals surface area contributed by atoms with E-state index < -0.39 is 6.10 Å². The zero-order valence-corrected chi connectivity index (χ0v) is 20.0. The molecule has 0 heterocycles. The Balaban J connectivity index is 3.93. The average molecular weight is 427 g/mol. The molecule has 0 aliphatic carbocycles. The molecule has 178 valence electrons. The molecule has 0 aromatic rings. The van der Waals surface area contributed by atoms with E-state index >= 15 is 0 Å². The normalized spacial score (nSPS) is 12.8. The van der Waals surface area contributed by atoms with E-state index in [4.69, 9.17) is 14.2 Å². The van der Waals surface area contributed by atoms with E-state index in [9.17, 15) is 5.11 Å². The van der Waals surface area contributed by atoms with Gasteiger partial charge in [0.25, 0.3) is 0 Å². The number of unbranched alkanes of at least 4 members (excludes halogenated alkanes) is 9. The summed E-state index contributed by atoms with van der Waals surface area (Å²) in [5, 5.41) is 10.3. The Kier molecular flexibility index (Phi) is 21.1. The highest BCUT2D eigenvalue weighted by Crippen LogP contribution is 2.24. The van der Waals surface area contributed by atoms with Crippen LogP contribution in [0.5, 0.6) is 0 Å². The lowest BCUT2D eigenvalue weighted by Crippen LogP contribution is -2.37. The number of hydrogen-bond donors (Lipinski definition) is 1. The fourth-order valence-corrected chi connectivity index (χ4v) is 3.51. The SMILES string of the molecule is C=CCOCC(CC)(COCC=C)COCC(O)CCCCCCCCCCCC. The standard InChI is InChI=1S/C26H50O4/c1-5-9-10-11-12-13-14-15-16-17-18-25(27)21-30-24-26(8-4,22-28-19-6-2)23-29-20-7-3/h6-7,25,27H,2-3,5,8-24H2,1,4H3. The average Bonchev–Trinajstić information content (AvgIpc) is 2.75. The molecule has 1 unspecified atom stereocenters. The molecule has 0 aliphatic rings. The lowest BCUT2D eigenvalue weighted by Gasteiger charge is -2.32. The summed E-state index contributed by atoms with van der Waals surface area (Å²) in [6.07, 6.45) is 17.9. The van der Waals surface area contributed by atoms with Gasteiger partial charge in [-0.05, 0) is 12.8 Å². The second-order valence-electron chi connectivity index (χ2n) is 8.60. The van der Waals surface area contributed by atoms with Crippen LogP contribution in [0.4, 0.5) is 0 Å². The van der Waals surface area contributed by atoms with Gasteiger partial charge in [-0.25, -0.2) is 0 Å². The third kappa shape index (κ3) is 17.0. The van der Waals surface area contributed by atoms with Crippen molar-refractivity contribution in [1.29, 1.82) is 0 Å². The summed E-state index contributed by atoms with van der Waals surface area (Å²) in [5.74, 6) is 0. The molecule has 4 heteroatoms. The monoisotopic (exact) mass is 426 g/mol. The maximum Gasteiger partial charge on any atom is 0.0773 e. The molecular weight excluding hydrogens is 376 g/mol. The van der Waals surface area contributed by atoms with Crippen molar-refractivity contribution in [3.8, 4) is 0 Å². The van der Waals surface area contributed by atoms with E-state index in [0.29, 0.717) is 39.6 Å². The highest BCUT2D eigenvalue weighted by atomic mass is 16.5. The smallest absolute Gasteiger partial charge is 0.0773 e. The minimum atomic E-state index is -0.392. The van der Waals surface area contributed by atoms with Crippen LogP contribution in [0.25, 0.3) is 0 Å². The van der Waals surface area contributed by atoms with Crippen LogP contribution in [0, 0.1) is 5.41 Å². The molecule has 1 atom stereocenters. The molecule has 30 heavy (non-hydrogen) atoms. The molecule has 0 radical (unpaired) electrons. The van der Waals surface area contributed by atoms with Crippen LogP contribution in [0.1, 0.15) is 90.9 Å². The first kappa shape index (κ1) is 29.3. The highest BCUT2D eigenvalue weighted by molar-refractivity contribution is 4.80. The molecule has 1 N–H and O–H groups in total. The molecule has 0 fully saturated rings. The Bertz CT molecular complexity index is 369. The predicted octanol–water partition coefficient (Wildman–Crippen LogP) is 6.48. The predicted molar refractivity (Wildman–Crippen MR) is 128 cm³/mol. The molecule has 0 saturated heterocycles. The number of ether oxygens (including phenoxy) is 3. The first-order valence-corrected chi connectivity index (χ1v) is 12.3. The molecule has 0 spiro atoms. The summed E-state index contributed by atoms with van der Waals surface area (Å²) in [6.45, 7) is 14.8. The van der Waals surface area contributed by atoms with Crippen LogP contribution in [0.3, 0.4) is 0 Å². The highest BCUT2D eigenvalue weighted by Gasteiger charge is 2.30. The zero-order valence-electron chi connectivity index (χ0n) is 20.0. The Hall–Kier alpha value is -0.680. The summed E-state index contributed by atoms with van der Waals surface area (Å²) in [5.41, 5.74) is -0.205. The van der Waals surface area contributed by atoms with Gasteiger partial charge >= 0.3 is 0 Å². The molecule has 4 nitrogen and oxygen atoms in total. The second-order valence-corrected chi connectivity index (χ2v) is 8.60. The van der Waals surface area contributed by atoms with Crippen LogP contribution >= 0.6 is 0 Å². The van der Waals surface area contributed by atoms with Gasteiger partial charge in [0, 0.05) is 5.41 Å². The number of aliphatic hydroxyl groups is 1. The minimum Gasteiger partial charge on any atom is -0.391 e. The lowest BCUT2D eigenvalue weighted by molar-refractivity contribution is -0.0773. The van der Waals surface area contributed by atoms with Gasteiger partial charge in [-0.3, -0.25) is 0 Å². The van der Waals surface area contributed by atoms with Crippen LogP contribution in [0.15, 0.2) is 25.3 Å². The molecule has 0 amide bonds. The van der Waals surface area contributed by atoms with Crippen LogP contribution in [0.2, 0.25) is 0 Å². The number of rotatable bonds is 24. The van der Waals surface area contributed by atoms with Gasteiger partial charge in [-0.1, -0.05) is 90.2 Å². The fourth-order valence-electron chi connectivity index (χ4n) is 3.51. The topological polar surface area (TPSA) is 47.9 Å². The van der Waals surface area contributed by atoms with Crippen molar-refractivity contribution in [3.05, 3.63) is 25.3 Å². The zero-order chi connectivity index (χ0) is 22.3. The molecule has 0 rings (SSSR count). The lowest BCUT2D eigenvalue weighted by atomic mass is 9.88.